The van der Waals surface area contributed by atoms with Crippen LogP contribution in [0.4, 0.5) is 0 Å². The topological polar surface area (TPSA) is 68.1 Å². The molecule has 2 heterocycles. The standard InChI is InChI=1S/C15H20N4O2S/c1-13-16-17-15-12-18(9-10-19(13)15)22(20,21)11-5-8-14-6-3-2-4-7-14/h2-4,6-7H,5,8-12H2,1H3. The molecule has 1 aromatic heterocycles. The maximum atomic E-state index is 12.5. The van der Waals surface area contributed by atoms with Crippen molar-refractivity contribution >= 4 is 10.0 Å². The smallest absolute Gasteiger partial charge is 0.214 e. The minimum atomic E-state index is -3.23. The summed E-state index contributed by atoms with van der Waals surface area (Å²) in [7, 11) is -3.23. The molecule has 1 aliphatic rings. The summed E-state index contributed by atoms with van der Waals surface area (Å²) in [4.78, 5) is 0. The second-order valence-electron chi connectivity index (χ2n) is 5.55. The molecule has 7 heteroatoms. The fourth-order valence-corrected chi connectivity index (χ4v) is 4.19. The van der Waals surface area contributed by atoms with Crippen molar-refractivity contribution in [3.05, 3.63) is 47.5 Å². The molecule has 2 aromatic rings. The maximum Gasteiger partial charge on any atom is 0.214 e. The number of fused-ring (bicyclic) bond motifs is 1. The summed E-state index contributed by atoms with van der Waals surface area (Å²) in [6, 6.07) is 9.97. The molecule has 0 fully saturated rings. The summed E-state index contributed by atoms with van der Waals surface area (Å²) >= 11 is 0. The van der Waals surface area contributed by atoms with Crippen LogP contribution in [0.3, 0.4) is 0 Å². The van der Waals surface area contributed by atoms with Crippen LogP contribution in [-0.2, 0) is 29.5 Å². The quantitative estimate of drug-likeness (QED) is 0.834. The number of sulfonamides is 1. The van der Waals surface area contributed by atoms with Gasteiger partial charge in [-0.1, -0.05) is 30.3 Å². The van der Waals surface area contributed by atoms with Gasteiger partial charge in [0.25, 0.3) is 0 Å². The Bertz CT molecular complexity index is 740. The van der Waals surface area contributed by atoms with Crippen molar-refractivity contribution in [2.75, 3.05) is 12.3 Å². The lowest BCUT2D eigenvalue weighted by molar-refractivity contribution is 0.333. The van der Waals surface area contributed by atoms with E-state index < -0.39 is 10.0 Å². The fraction of sp³-hybridized carbons (Fsp3) is 0.467. The zero-order chi connectivity index (χ0) is 15.6. The highest BCUT2D eigenvalue weighted by Gasteiger charge is 2.28. The van der Waals surface area contributed by atoms with Gasteiger partial charge in [-0.3, -0.25) is 0 Å². The monoisotopic (exact) mass is 320 g/mol. The zero-order valence-electron chi connectivity index (χ0n) is 12.6. The first kappa shape index (κ1) is 15.2. The van der Waals surface area contributed by atoms with Crippen molar-refractivity contribution in [3.63, 3.8) is 0 Å². The van der Waals surface area contributed by atoms with Crippen LogP contribution in [0, 0.1) is 6.92 Å². The largest absolute Gasteiger partial charge is 0.313 e. The molecule has 0 saturated carbocycles. The minimum absolute atomic E-state index is 0.176. The van der Waals surface area contributed by atoms with Crippen molar-refractivity contribution in [3.8, 4) is 0 Å². The first-order valence-corrected chi connectivity index (χ1v) is 9.07. The van der Waals surface area contributed by atoms with Gasteiger partial charge >= 0.3 is 0 Å². The molecule has 3 rings (SSSR count). The minimum Gasteiger partial charge on any atom is -0.313 e. The maximum absolute atomic E-state index is 12.5. The first-order valence-electron chi connectivity index (χ1n) is 7.47. The molecule has 1 aromatic carbocycles. The summed E-state index contributed by atoms with van der Waals surface area (Å²) in [6.07, 6.45) is 1.41. The van der Waals surface area contributed by atoms with Gasteiger partial charge in [-0.2, -0.15) is 4.31 Å². The van der Waals surface area contributed by atoms with Crippen molar-refractivity contribution in [1.82, 2.24) is 19.1 Å². The SMILES string of the molecule is Cc1nnc2n1CCN(S(=O)(=O)CCCc1ccccc1)C2. The van der Waals surface area contributed by atoms with E-state index in [4.69, 9.17) is 0 Å². The number of nitrogens with zero attached hydrogens (tertiary/aromatic N) is 4. The van der Waals surface area contributed by atoms with E-state index in [0.717, 1.165) is 18.1 Å². The number of rotatable bonds is 5. The van der Waals surface area contributed by atoms with Crippen LogP contribution in [-0.4, -0.2) is 39.8 Å². The van der Waals surface area contributed by atoms with Crippen LogP contribution < -0.4 is 0 Å². The highest BCUT2D eigenvalue weighted by Crippen LogP contribution is 2.16. The first-order chi connectivity index (χ1) is 10.6. The predicted octanol–water partition coefficient (Wildman–Crippen LogP) is 1.36. The van der Waals surface area contributed by atoms with Gasteiger partial charge in [0.15, 0.2) is 0 Å². The second-order valence-corrected chi connectivity index (χ2v) is 7.64. The van der Waals surface area contributed by atoms with Gasteiger partial charge in [0.05, 0.1) is 12.3 Å². The van der Waals surface area contributed by atoms with Crippen LogP contribution >= 0.6 is 0 Å². The van der Waals surface area contributed by atoms with E-state index in [9.17, 15) is 8.42 Å². The van der Waals surface area contributed by atoms with E-state index in [1.165, 1.54) is 9.87 Å². The molecule has 6 nitrogen and oxygen atoms in total. The van der Waals surface area contributed by atoms with E-state index >= 15 is 0 Å². The van der Waals surface area contributed by atoms with Gasteiger partial charge in [0.2, 0.25) is 10.0 Å². The van der Waals surface area contributed by atoms with E-state index in [1.54, 1.807) is 0 Å². The lowest BCUT2D eigenvalue weighted by atomic mass is 10.1. The molecule has 0 saturated heterocycles. The van der Waals surface area contributed by atoms with Crippen LogP contribution in [0.15, 0.2) is 30.3 Å². The molecule has 1 aliphatic heterocycles. The summed E-state index contributed by atoms with van der Waals surface area (Å²) in [5, 5.41) is 8.06. The molecular weight excluding hydrogens is 300 g/mol. The molecule has 0 radical (unpaired) electrons. The number of hydrogen-bond donors (Lipinski definition) is 0. The third kappa shape index (κ3) is 3.20. The van der Waals surface area contributed by atoms with Crippen molar-refractivity contribution < 1.29 is 8.42 Å². The van der Waals surface area contributed by atoms with Crippen molar-refractivity contribution in [2.45, 2.75) is 32.9 Å². The van der Waals surface area contributed by atoms with Crippen LogP contribution in [0.1, 0.15) is 23.6 Å². The molecule has 22 heavy (non-hydrogen) atoms. The molecule has 0 bridgehead atoms. The Morgan fingerprint density at radius 1 is 1.14 bits per heavy atom. The molecule has 0 amide bonds. The van der Waals surface area contributed by atoms with Crippen LogP contribution in [0.25, 0.3) is 0 Å². The van der Waals surface area contributed by atoms with Crippen molar-refractivity contribution in [1.29, 1.82) is 0 Å². The van der Waals surface area contributed by atoms with Crippen LogP contribution in [0.5, 0.6) is 0 Å². The van der Waals surface area contributed by atoms with Gasteiger partial charge in [0, 0.05) is 13.1 Å². The zero-order valence-corrected chi connectivity index (χ0v) is 13.5. The number of benzene rings is 1. The van der Waals surface area contributed by atoms with Gasteiger partial charge < -0.3 is 4.57 Å². The van der Waals surface area contributed by atoms with E-state index in [-0.39, 0.29) is 5.75 Å². The highest BCUT2D eigenvalue weighted by molar-refractivity contribution is 7.89. The van der Waals surface area contributed by atoms with Gasteiger partial charge in [0.1, 0.15) is 11.6 Å². The predicted molar refractivity (Wildman–Crippen MR) is 83.7 cm³/mol. The van der Waals surface area contributed by atoms with Gasteiger partial charge in [-0.15, -0.1) is 10.2 Å². The average molecular weight is 320 g/mol. The summed E-state index contributed by atoms with van der Waals surface area (Å²) in [5.74, 6) is 1.75. The molecule has 0 aliphatic carbocycles. The fourth-order valence-electron chi connectivity index (χ4n) is 2.75. The number of hydrogen-bond acceptors (Lipinski definition) is 4. The summed E-state index contributed by atoms with van der Waals surface area (Å²) < 4.78 is 28.4. The molecule has 0 atom stereocenters. The Kier molecular flexibility index (Phi) is 4.26. The summed E-state index contributed by atoms with van der Waals surface area (Å²) in [5.41, 5.74) is 1.17. The van der Waals surface area contributed by atoms with E-state index in [1.807, 2.05) is 41.8 Å². The average Bonchev–Trinajstić information content (AvgIpc) is 2.89. The molecule has 0 N–H and O–H groups in total. The van der Waals surface area contributed by atoms with Gasteiger partial charge in [-0.05, 0) is 25.3 Å². The normalized spacial score (nSPS) is 15.7. The molecular formula is C15H20N4O2S. The molecule has 118 valence electrons. The molecule has 0 unspecified atom stereocenters. The lowest BCUT2D eigenvalue weighted by Gasteiger charge is -2.26. The van der Waals surface area contributed by atoms with Gasteiger partial charge in [-0.25, -0.2) is 8.42 Å². The van der Waals surface area contributed by atoms with Crippen molar-refractivity contribution in [2.24, 2.45) is 0 Å². The second kappa shape index (κ2) is 6.18. The third-order valence-electron chi connectivity index (χ3n) is 4.01. The third-order valence-corrected chi connectivity index (χ3v) is 5.91. The Balaban J connectivity index is 1.59. The highest BCUT2D eigenvalue weighted by atomic mass is 32.2. The Morgan fingerprint density at radius 3 is 2.68 bits per heavy atom. The molecule has 0 spiro atoms. The van der Waals surface area contributed by atoms with Crippen LogP contribution in [0.2, 0.25) is 0 Å². The summed E-state index contributed by atoms with van der Waals surface area (Å²) in [6.45, 7) is 3.35. The lowest BCUT2D eigenvalue weighted by Crippen LogP contribution is -2.39. The Hall–Kier alpha value is -1.73. The number of aromatic nitrogens is 3. The number of aryl methyl sites for hydroxylation is 2. The Morgan fingerprint density at radius 2 is 1.91 bits per heavy atom. The Labute approximate surface area is 130 Å². The van der Waals surface area contributed by atoms with E-state index in [2.05, 4.69) is 10.2 Å². The van der Waals surface area contributed by atoms with E-state index in [0.29, 0.717) is 26.1 Å².